The van der Waals surface area contributed by atoms with Gasteiger partial charge in [-0.3, -0.25) is 9.59 Å². The molecule has 0 radical (unpaired) electrons. The summed E-state index contributed by atoms with van der Waals surface area (Å²) in [6.07, 6.45) is 1.26. The minimum absolute atomic E-state index is 0.0718. The Morgan fingerprint density at radius 2 is 1.94 bits per heavy atom. The molecule has 0 bridgehead atoms. The first-order valence-electron chi connectivity index (χ1n) is 4.81. The van der Waals surface area contributed by atoms with Crippen molar-refractivity contribution in [2.75, 3.05) is 6.54 Å². The van der Waals surface area contributed by atoms with E-state index in [0.717, 1.165) is 0 Å². The number of carbonyl (C=O) groups excluding carboxylic acids is 2. The SMILES string of the molecule is O=C=Nc1ccc(C(=O)NCCC(=O)O)cc1. The Kier molecular flexibility index (Phi) is 4.59. The van der Waals surface area contributed by atoms with Gasteiger partial charge in [-0.1, -0.05) is 0 Å². The van der Waals surface area contributed by atoms with Gasteiger partial charge in [0.2, 0.25) is 6.08 Å². The highest BCUT2D eigenvalue weighted by atomic mass is 16.4. The Balaban J connectivity index is 2.57. The van der Waals surface area contributed by atoms with E-state index in [1.165, 1.54) is 30.3 Å². The maximum Gasteiger partial charge on any atom is 0.305 e. The molecule has 0 aromatic heterocycles. The summed E-state index contributed by atoms with van der Waals surface area (Å²) < 4.78 is 0. The standard InChI is InChI=1S/C11H10N2O4/c14-7-13-9-3-1-8(2-4-9)11(17)12-6-5-10(15)16/h1-4H,5-6H2,(H,12,17)(H,15,16). The average Bonchev–Trinajstić information content (AvgIpc) is 2.30. The molecule has 0 atom stereocenters. The topological polar surface area (TPSA) is 95.8 Å². The molecule has 2 N–H and O–H groups in total. The molecule has 0 fully saturated rings. The molecule has 0 aliphatic carbocycles. The predicted octanol–water partition coefficient (Wildman–Crippen LogP) is 0.858. The molecule has 0 saturated heterocycles. The largest absolute Gasteiger partial charge is 0.481 e. The van der Waals surface area contributed by atoms with E-state index in [2.05, 4.69) is 10.3 Å². The highest BCUT2D eigenvalue weighted by Gasteiger charge is 2.05. The van der Waals surface area contributed by atoms with Gasteiger partial charge in [-0.2, -0.15) is 4.99 Å². The van der Waals surface area contributed by atoms with E-state index in [0.29, 0.717) is 11.3 Å². The van der Waals surface area contributed by atoms with Gasteiger partial charge in [0.05, 0.1) is 12.1 Å². The third-order valence-electron chi connectivity index (χ3n) is 1.93. The first kappa shape index (κ1) is 12.6. The first-order valence-corrected chi connectivity index (χ1v) is 4.81. The van der Waals surface area contributed by atoms with Crippen molar-refractivity contribution in [2.24, 2.45) is 4.99 Å². The molecule has 0 aliphatic heterocycles. The monoisotopic (exact) mass is 234 g/mol. The van der Waals surface area contributed by atoms with E-state index in [1.807, 2.05) is 0 Å². The number of benzene rings is 1. The third-order valence-corrected chi connectivity index (χ3v) is 1.93. The van der Waals surface area contributed by atoms with Crippen molar-refractivity contribution in [3.63, 3.8) is 0 Å². The van der Waals surface area contributed by atoms with Crippen LogP contribution in [0.4, 0.5) is 5.69 Å². The van der Waals surface area contributed by atoms with Gasteiger partial charge in [0.1, 0.15) is 0 Å². The zero-order chi connectivity index (χ0) is 12.7. The summed E-state index contributed by atoms with van der Waals surface area (Å²) in [5.74, 6) is -1.34. The van der Waals surface area contributed by atoms with Crippen molar-refractivity contribution < 1.29 is 19.5 Å². The number of isocyanates is 1. The van der Waals surface area contributed by atoms with E-state index < -0.39 is 5.97 Å². The Labute approximate surface area is 97.0 Å². The fourth-order valence-corrected chi connectivity index (χ4v) is 1.13. The summed E-state index contributed by atoms with van der Waals surface area (Å²) in [5, 5.41) is 10.8. The lowest BCUT2D eigenvalue weighted by molar-refractivity contribution is -0.136. The van der Waals surface area contributed by atoms with Gasteiger partial charge < -0.3 is 10.4 Å². The molecule has 0 spiro atoms. The van der Waals surface area contributed by atoms with Crippen LogP contribution >= 0.6 is 0 Å². The van der Waals surface area contributed by atoms with Crippen LogP contribution in [-0.2, 0) is 9.59 Å². The van der Waals surface area contributed by atoms with Crippen molar-refractivity contribution in [3.8, 4) is 0 Å². The second-order valence-corrected chi connectivity index (χ2v) is 3.15. The van der Waals surface area contributed by atoms with Gasteiger partial charge in [0.25, 0.3) is 5.91 Å². The van der Waals surface area contributed by atoms with E-state index in [4.69, 9.17) is 5.11 Å². The maximum atomic E-state index is 11.5. The molecule has 0 heterocycles. The van der Waals surface area contributed by atoms with Crippen LogP contribution in [0.2, 0.25) is 0 Å². The lowest BCUT2D eigenvalue weighted by atomic mass is 10.2. The normalized spacial score (nSPS) is 9.18. The van der Waals surface area contributed by atoms with Crippen LogP contribution in [0.5, 0.6) is 0 Å². The zero-order valence-electron chi connectivity index (χ0n) is 8.84. The third kappa shape index (κ3) is 4.27. The maximum absolute atomic E-state index is 11.5. The molecular weight excluding hydrogens is 224 g/mol. The van der Waals surface area contributed by atoms with Gasteiger partial charge in [0, 0.05) is 12.1 Å². The van der Waals surface area contributed by atoms with Gasteiger partial charge >= 0.3 is 5.97 Å². The highest BCUT2D eigenvalue weighted by molar-refractivity contribution is 5.94. The van der Waals surface area contributed by atoms with Crippen LogP contribution in [0, 0.1) is 0 Å². The van der Waals surface area contributed by atoms with Crippen molar-refractivity contribution in [3.05, 3.63) is 29.8 Å². The minimum atomic E-state index is -0.971. The highest BCUT2D eigenvalue weighted by Crippen LogP contribution is 2.11. The summed E-state index contributed by atoms with van der Waals surface area (Å²) in [7, 11) is 0. The molecule has 0 saturated carbocycles. The number of carboxylic acids is 1. The van der Waals surface area contributed by atoms with Gasteiger partial charge in [-0.25, -0.2) is 4.79 Å². The molecular formula is C11H10N2O4. The molecule has 88 valence electrons. The molecule has 0 unspecified atom stereocenters. The summed E-state index contributed by atoms with van der Waals surface area (Å²) in [5.41, 5.74) is 0.780. The summed E-state index contributed by atoms with van der Waals surface area (Å²) in [6.45, 7) is 0.0718. The zero-order valence-corrected chi connectivity index (χ0v) is 8.84. The second-order valence-electron chi connectivity index (χ2n) is 3.15. The van der Waals surface area contributed by atoms with Crippen LogP contribution < -0.4 is 5.32 Å². The quantitative estimate of drug-likeness (QED) is 0.583. The van der Waals surface area contributed by atoms with Gasteiger partial charge in [-0.15, -0.1) is 0 Å². The first-order chi connectivity index (χ1) is 8.13. The Bertz CT molecular complexity index is 461. The van der Waals surface area contributed by atoms with E-state index in [-0.39, 0.29) is 18.9 Å². The Morgan fingerprint density at radius 3 is 2.47 bits per heavy atom. The van der Waals surface area contributed by atoms with Crippen LogP contribution in [0.15, 0.2) is 29.3 Å². The second kappa shape index (κ2) is 6.19. The fourth-order valence-electron chi connectivity index (χ4n) is 1.13. The Hall–Kier alpha value is -2.46. The minimum Gasteiger partial charge on any atom is -0.481 e. The molecule has 17 heavy (non-hydrogen) atoms. The molecule has 6 nitrogen and oxygen atoms in total. The van der Waals surface area contributed by atoms with E-state index in [1.54, 1.807) is 0 Å². The van der Waals surface area contributed by atoms with Crippen molar-refractivity contribution in [1.29, 1.82) is 0 Å². The lowest BCUT2D eigenvalue weighted by Crippen LogP contribution is -2.25. The number of rotatable bonds is 5. The predicted molar refractivity (Wildman–Crippen MR) is 58.8 cm³/mol. The smallest absolute Gasteiger partial charge is 0.305 e. The number of aliphatic carboxylic acids is 1. The number of hydrogen-bond acceptors (Lipinski definition) is 4. The number of hydrogen-bond donors (Lipinski definition) is 2. The van der Waals surface area contributed by atoms with E-state index >= 15 is 0 Å². The van der Waals surface area contributed by atoms with E-state index in [9.17, 15) is 14.4 Å². The van der Waals surface area contributed by atoms with Crippen LogP contribution in [0.25, 0.3) is 0 Å². The molecule has 0 aliphatic rings. The fraction of sp³-hybridized carbons (Fsp3) is 0.182. The number of amides is 1. The van der Waals surface area contributed by atoms with Gasteiger partial charge in [-0.05, 0) is 24.3 Å². The number of aliphatic imine (C=N–C) groups is 1. The summed E-state index contributed by atoms with van der Waals surface area (Å²) >= 11 is 0. The van der Waals surface area contributed by atoms with Crippen LogP contribution in [-0.4, -0.2) is 29.6 Å². The average molecular weight is 234 g/mol. The van der Waals surface area contributed by atoms with Gasteiger partial charge in [0.15, 0.2) is 0 Å². The lowest BCUT2D eigenvalue weighted by Gasteiger charge is -2.03. The number of carboxylic acid groups (broad SMARTS) is 1. The number of nitrogens with zero attached hydrogens (tertiary/aromatic N) is 1. The van der Waals surface area contributed by atoms with Crippen molar-refractivity contribution in [1.82, 2.24) is 5.32 Å². The molecule has 1 aromatic carbocycles. The summed E-state index contributed by atoms with van der Waals surface area (Å²) in [6, 6.07) is 5.98. The van der Waals surface area contributed by atoms with Crippen LogP contribution in [0.1, 0.15) is 16.8 Å². The Morgan fingerprint density at radius 1 is 1.29 bits per heavy atom. The van der Waals surface area contributed by atoms with Crippen molar-refractivity contribution >= 4 is 23.6 Å². The molecule has 1 rings (SSSR count). The number of nitrogens with one attached hydrogen (secondary N) is 1. The summed E-state index contributed by atoms with van der Waals surface area (Å²) in [4.78, 5) is 35.1. The van der Waals surface area contributed by atoms with Crippen LogP contribution in [0.3, 0.4) is 0 Å². The molecule has 6 heteroatoms. The molecule has 1 aromatic rings. The molecule has 1 amide bonds. The number of carbonyl (C=O) groups is 2. The van der Waals surface area contributed by atoms with Crippen molar-refractivity contribution in [2.45, 2.75) is 6.42 Å².